The van der Waals surface area contributed by atoms with Crippen molar-refractivity contribution in [1.82, 2.24) is 0 Å². The van der Waals surface area contributed by atoms with Gasteiger partial charge >= 0.3 is 0 Å². The van der Waals surface area contributed by atoms with Crippen molar-refractivity contribution >= 4 is 10.8 Å². The number of halogens is 1. The van der Waals surface area contributed by atoms with Gasteiger partial charge in [-0.05, 0) is 105 Å². The minimum absolute atomic E-state index is 0.00828. The average Bonchev–Trinajstić information content (AvgIpc) is 2.85. The summed E-state index contributed by atoms with van der Waals surface area (Å²) in [4.78, 5) is 0. The van der Waals surface area contributed by atoms with Crippen LogP contribution in [0.3, 0.4) is 0 Å². The molecule has 0 nitrogen and oxygen atoms in total. The second-order valence-corrected chi connectivity index (χ2v) is 11.1. The summed E-state index contributed by atoms with van der Waals surface area (Å²) in [5.74, 6) is 3.88. The third-order valence-electron chi connectivity index (χ3n) is 8.89. The van der Waals surface area contributed by atoms with Gasteiger partial charge in [0, 0.05) is 5.39 Å². The highest BCUT2D eigenvalue weighted by molar-refractivity contribution is 5.84. The van der Waals surface area contributed by atoms with Crippen molar-refractivity contribution in [2.75, 3.05) is 0 Å². The van der Waals surface area contributed by atoms with Gasteiger partial charge in [0.25, 0.3) is 0 Å². The molecule has 1 heteroatoms. The molecular weight excluding hydrogens is 403 g/mol. The van der Waals surface area contributed by atoms with Crippen LogP contribution in [0.2, 0.25) is 0 Å². The molecule has 180 valence electrons. The lowest BCUT2D eigenvalue weighted by molar-refractivity contribution is 0.141. The molecule has 2 saturated carbocycles. The summed E-state index contributed by atoms with van der Waals surface area (Å²) in [7, 11) is 0. The predicted octanol–water partition coefficient (Wildman–Crippen LogP) is 9.83. The first-order valence-electron chi connectivity index (χ1n) is 14.0. The summed E-state index contributed by atoms with van der Waals surface area (Å²) >= 11 is 0. The summed E-state index contributed by atoms with van der Waals surface area (Å²) in [6.45, 7) is 4.25. The van der Waals surface area contributed by atoms with E-state index in [4.69, 9.17) is 0 Å². The first-order valence-corrected chi connectivity index (χ1v) is 14.0. The van der Waals surface area contributed by atoms with Crippen molar-refractivity contribution in [2.45, 2.75) is 104 Å². The highest BCUT2D eigenvalue weighted by atomic mass is 19.1. The Morgan fingerprint density at radius 1 is 0.818 bits per heavy atom. The number of hydrogen-bond acceptors (Lipinski definition) is 0. The van der Waals surface area contributed by atoms with Crippen molar-refractivity contribution in [1.29, 1.82) is 0 Å². The van der Waals surface area contributed by atoms with Gasteiger partial charge in [-0.2, -0.15) is 0 Å². The van der Waals surface area contributed by atoms with Crippen LogP contribution < -0.4 is 0 Å². The standard InChI is InChI=1S/C32H45F/c1-3-5-6-8-24-11-16-27(17-12-24)28-18-13-25(14-19-28)9-10-26-15-22-31-30(23-26)21-20-29(7-4-2)32(31)33/h3,5,15,20-25,27-28H,4,6-14,16-19H2,1-2H3/b5-3+. The van der Waals surface area contributed by atoms with E-state index in [0.717, 1.165) is 59.3 Å². The maximum atomic E-state index is 14.7. The Balaban J connectivity index is 1.21. The minimum Gasteiger partial charge on any atom is -0.206 e. The van der Waals surface area contributed by atoms with Gasteiger partial charge in [-0.25, -0.2) is 4.39 Å². The third kappa shape index (κ3) is 6.49. The molecule has 4 rings (SSSR count). The van der Waals surface area contributed by atoms with E-state index in [1.165, 1.54) is 76.2 Å². The average molecular weight is 449 g/mol. The summed E-state index contributed by atoms with van der Waals surface area (Å²) in [6, 6.07) is 10.5. The first-order chi connectivity index (χ1) is 16.2. The molecule has 0 unspecified atom stereocenters. The quantitative estimate of drug-likeness (QED) is 0.335. The van der Waals surface area contributed by atoms with Gasteiger partial charge in [0.15, 0.2) is 0 Å². The summed E-state index contributed by atoms with van der Waals surface area (Å²) in [5, 5.41) is 1.86. The van der Waals surface area contributed by atoms with E-state index in [0.29, 0.717) is 0 Å². The SMILES string of the molecule is C/C=C/CCC1CCC(C2CCC(CCc3ccc4c(F)c(CCC)ccc4c3)CC2)CC1. The normalized spacial score (nSPS) is 26.3. The molecule has 2 fully saturated rings. The van der Waals surface area contributed by atoms with Gasteiger partial charge in [0.2, 0.25) is 0 Å². The van der Waals surface area contributed by atoms with Crippen LogP contribution in [0.5, 0.6) is 0 Å². The van der Waals surface area contributed by atoms with Crippen LogP contribution in [0.25, 0.3) is 10.8 Å². The molecule has 0 bridgehead atoms. The zero-order valence-corrected chi connectivity index (χ0v) is 21.1. The number of hydrogen-bond donors (Lipinski definition) is 0. The maximum absolute atomic E-state index is 14.7. The molecular formula is C32H45F. The number of fused-ring (bicyclic) bond motifs is 1. The molecule has 0 N–H and O–H groups in total. The molecule has 0 heterocycles. The topological polar surface area (TPSA) is 0 Å². The predicted molar refractivity (Wildman–Crippen MR) is 141 cm³/mol. The Morgan fingerprint density at radius 3 is 2.12 bits per heavy atom. The summed E-state index contributed by atoms with van der Waals surface area (Å²) < 4.78 is 14.7. The zero-order chi connectivity index (χ0) is 23.0. The maximum Gasteiger partial charge on any atom is 0.134 e. The molecule has 2 aromatic rings. The Morgan fingerprint density at radius 2 is 1.48 bits per heavy atom. The van der Waals surface area contributed by atoms with Crippen molar-refractivity contribution in [2.24, 2.45) is 23.7 Å². The molecule has 0 radical (unpaired) electrons. The Kier molecular flexibility index (Phi) is 9.04. The first kappa shape index (κ1) is 24.5. The lowest BCUT2D eigenvalue weighted by Gasteiger charge is -2.38. The number of benzene rings is 2. The van der Waals surface area contributed by atoms with Crippen LogP contribution in [0.4, 0.5) is 4.39 Å². The smallest absolute Gasteiger partial charge is 0.134 e. The monoisotopic (exact) mass is 448 g/mol. The molecule has 0 aromatic heterocycles. The van der Waals surface area contributed by atoms with Gasteiger partial charge in [-0.1, -0.05) is 81.5 Å². The summed E-state index contributed by atoms with van der Waals surface area (Å²) in [6.07, 6.45) is 23.2. The van der Waals surface area contributed by atoms with E-state index in [-0.39, 0.29) is 5.82 Å². The van der Waals surface area contributed by atoms with Crippen molar-refractivity contribution in [3.8, 4) is 0 Å². The van der Waals surface area contributed by atoms with Crippen molar-refractivity contribution in [3.05, 3.63) is 59.4 Å². The van der Waals surface area contributed by atoms with Gasteiger partial charge in [-0.3, -0.25) is 0 Å². The van der Waals surface area contributed by atoms with Crippen LogP contribution >= 0.6 is 0 Å². The molecule has 33 heavy (non-hydrogen) atoms. The van der Waals surface area contributed by atoms with E-state index >= 15 is 0 Å². The van der Waals surface area contributed by atoms with Crippen molar-refractivity contribution < 1.29 is 4.39 Å². The van der Waals surface area contributed by atoms with Crippen LogP contribution in [0.1, 0.15) is 102 Å². The fourth-order valence-corrected chi connectivity index (χ4v) is 6.77. The van der Waals surface area contributed by atoms with E-state index in [2.05, 4.69) is 44.2 Å². The van der Waals surface area contributed by atoms with Crippen LogP contribution in [0.15, 0.2) is 42.5 Å². The molecule has 2 aliphatic rings. The van der Waals surface area contributed by atoms with E-state index in [1.807, 2.05) is 12.1 Å². The second kappa shape index (κ2) is 12.2. The lowest BCUT2D eigenvalue weighted by atomic mass is 9.68. The Bertz CT molecular complexity index is 894. The largest absolute Gasteiger partial charge is 0.206 e. The van der Waals surface area contributed by atoms with Crippen molar-refractivity contribution in [3.63, 3.8) is 0 Å². The fourth-order valence-electron chi connectivity index (χ4n) is 6.77. The fraction of sp³-hybridized carbons (Fsp3) is 0.625. The summed E-state index contributed by atoms with van der Waals surface area (Å²) in [5.41, 5.74) is 2.24. The Labute approximate surface area is 202 Å². The highest BCUT2D eigenvalue weighted by Gasteiger charge is 2.30. The Hall–Kier alpha value is -1.63. The number of allylic oxidation sites excluding steroid dienone is 2. The van der Waals surface area contributed by atoms with E-state index in [9.17, 15) is 4.39 Å². The molecule has 2 aromatic carbocycles. The molecule has 0 atom stereocenters. The van der Waals surface area contributed by atoms with Gasteiger partial charge in [0.1, 0.15) is 5.82 Å². The van der Waals surface area contributed by atoms with Gasteiger partial charge in [0.05, 0.1) is 0 Å². The molecule has 0 spiro atoms. The van der Waals surface area contributed by atoms with E-state index in [1.54, 1.807) is 0 Å². The molecule has 0 amide bonds. The number of rotatable bonds is 9. The van der Waals surface area contributed by atoms with E-state index < -0.39 is 0 Å². The zero-order valence-electron chi connectivity index (χ0n) is 21.1. The van der Waals surface area contributed by atoms with Gasteiger partial charge in [-0.15, -0.1) is 0 Å². The minimum atomic E-state index is -0.00828. The van der Waals surface area contributed by atoms with Crippen LogP contribution in [-0.4, -0.2) is 0 Å². The van der Waals surface area contributed by atoms with Gasteiger partial charge < -0.3 is 0 Å². The highest BCUT2D eigenvalue weighted by Crippen LogP contribution is 2.43. The number of aryl methyl sites for hydroxylation is 2. The molecule has 0 aliphatic heterocycles. The van der Waals surface area contributed by atoms with Crippen LogP contribution in [-0.2, 0) is 12.8 Å². The lowest BCUT2D eigenvalue weighted by Crippen LogP contribution is -2.26. The van der Waals surface area contributed by atoms with Crippen LogP contribution in [0, 0.1) is 29.5 Å². The molecule has 2 aliphatic carbocycles. The second-order valence-electron chi connectivity index (χ2n) is 11.1. The molecule has 0 saturated heterocycles. The third-order valence-corrected chi connectivity index (χ3v) is 8.89.